The van der Waals surface area contributed by atoms with Crippen LogP contribution >= 0.6 is 0 Å². The Morgan fingerprint density at radius 1 is 0.722 bits per heavy atom. The summed E-state index contributed by atoms with van der Waals surface area (Å²) in [6.07, 6.45) is 0. The van der Waals surface area contributed by atoms with Crippen LogP contribution in [-0.2, 0) is 0 Å². The molecule has 3 N–H and O–H groups in total. The van der Waals surface area contributed by atoms with Crippen LogP contribution in [0.1, 0.15) is 37.4 Å². The average molecular weight is 239 g/mol. The average Bonchev–Trinajstić information content (AvgIpc) is 2.36. The third-order valence-electron chi connectivity index (χ3n) is 3.08. The lowest BCUT2D eigenvalue weighted by Crippen LogP contribution is -2.20. The molecule has 1 aliphatic carbocycles. The Labute approximate surface area is 105 Å². The van der Waals surface area contributed by atoms with E-state index in [0.717, 1.165) is 5.56 Å². The Hall–Kier alpha value is -2.26. The highest BCUT2D eigenvalue weighted by Gasteiger charge is 2.28. The maximum absolute atomic E-state index is 12.3. The van der Waals surface area contributed by atoms with Gasteiger partial charge in [-0.2, -0.15) is 0 Å². The van der Waals surface area contributed by atoms with Gasteiger partial charge in [-0.25, -0.2) is 0 Å². The van der Waals surface area contributed by atoms with Crippen molar-refractivity contribution in [1.29, 1.82) is 0 Å². The monoisotopic (exact) mass is 239 g/mol. The standard InChI is InChI=1S/C15H10O2.H3N/c1-9-6-7-12-13(8-9)15(17)11-5-3-2-4-10(11)14(12)16;/h2-8H,1H3;1H3. The van der Waals surface area contributed by atoms with Crippen LogP contribution in [0.2, 0.25) is 0 Å². The zero-order chi connectivity index (χ0) is 12.0. The minimum absolute atomic E-state index is 0. The highest BCUT2D eigenvalue weighted by atomic mass is 16.1. The smallest absolute Gasteiger partial charge is 0.194 e. The number of ketones is 2. The van der Waals surface area contributed by atoms with Gasteiger partial charge in [-0.1, -0.05) is 42.0 Å². The first kappa shape index (κ1) is 12.2. The van der Waals surface area contributed by atoms with E-state index in [2.05, 4.69) is 0 Å². The van der Waals surface area contributed by atoms with Crippen molar-refractivity contribution in [2.24, 2.45) is 0 Å². The molecule has 0 atom stereocenters. The summed E-state index contributed by atoms with van der Waals surface area (Å²) in [5, 5.41) is 0. The van der Waals surface area contributed by atoms with Crippen LogP contribution in [0.15, 0.2) is 42.5 Å². The van der Waals surface area contributed by atoms with Gasteiger partial charge in [0.15, 0.2) is 11.6 Å². The van der Waals surface area contributed by atoms with E-state index in [0.29, 0.717) is 22.3 Å². The van der Waals surface area contributed by atoms with Gasteiger partial charge in [-0.05, 0) is 13.0 Å². The van der Waals surface area contributed by atoms with Crippen molar-refractivity contribution in [2.75, 3.05) is 0 Å². The number of rotatable bonds is 0. The summed E-state index contributed by atoms with van der Waals surface area (Å²) in [4.78, 5) is 24.5. The lowest BCUT2D eigenvalue weighted by molar-refractivity contribution is 0.0979. The predicted molar refractivity (Wildman–Crippen MR) is 69.5 cm³/mol. The first-order valence-corrected chi connectivity index (χ1v) is 5.47. The quantitative estimate of drug-likeness (QED) is 0.655. The fourth-order valence-electron chi connectivity index (χ4n) is 2.21. The minimum Gasteiger partial charge on any atom is -0.344 e. The van der Waals surface area contributed by atoms with Crippen molar-refractivity contribution in [3.63, 3.8) is 0 Å². The normalized spacial score (nSPS) is 12.5. The van der Waals surface area contributed by atoms with E-state index in [1.165, 1.54) is 0 Å². The second-order valence-electron chi connectivity index (χ2n) is 4.25. The van der Waals surface area contributed by atoms with Crippen LogP contribution in [0.3, 0.4) is 0 Å². The predicted octanol–water partition coefficient (Wildman–Crippen LogP) is 2.93. The number of carbonyl (C=O) groups excluding carboxylic acids is 2. The lowest BCUT2D eigenvalue weighted by atomic mass is 9.83. The summed E-state index contributed by atoms with van der Waals surface area (Å²) in [6.45, 7) is 1.92. The number of benzene rings is 2. The third kappa shape index (κ3) is 1.57. The second kappa shape index (κ2) is 4.20. The van der Waals surface area contributed by atoms with E-state index >= 15 is 0 Å². The molecule has 0 heterocycles. The van der Waals surface area contributed by atoms with Crippen molar-refractivity contribution in [3.8, 4) is 0 Å². The second-order valence-corrected chi connectivity index (χ2v) is 4.25. The van der Waals surface area contributed by atoms with E-state index < -0.39 is 0 Å². The molecule has 0 aromatic heterocycles. The summed E-state index contributed by atoms with van der Waals surface area (Å²) in [5.74, 6) is -0.117. The molecule has 0 aliphatic heterocycles. The lowest BCUT2D eigenvalue weighted by Gasteiger charge is -2.17. The number of aryl methyl sites for hydroxylation is 1. The first-order chi connectivity index (χ1) is 8.18. The highest BCUT2D eigenvalue weighted by Crippen LogP contribution is 2.27. The van der Waals surface area contributed by atoms with E-state index in [9.17, 15) is 9.59 Å². The van der Waals surface area contributed by atoms with Gasteiger partial charge >= 0.3 is 0 Å². The number of hydrogen-bond donors (Lipinski definition) is 1. The van der Waals surface area contributed by atoms with Gasteiger partial charge < -0.3 is 6.15 Å². The Morgan fingerprint density at radius 2 is 1.22 bits per heavy atom. The maximum atomic E-state index is 12.3. The summed E-state index contributed by atoms with van der Waals surface area (Å²) < 4.78 is 0. The molecule has 0 unspecified atom stereocenters. The molecule has 1 aliphatic rings. The van der Waals surface area contributed by atoms with Gasteiger partial charge in [0.25, 0.3) is 0 Å². The molecule has 3 heteroatoms. The number of carbonyl (C=O) groups is 2. The largest absolute Gasteiger partial charge is 0.344 e. The third-order valence-corrected chi connectivity index (χ3v) is 3.08. The molecule has 3 rings (SSSR count). The van der Waals surface area contributed by atoms with Crippen LogP contribution in [0.25, 0.3) is 0 Å². The molecule has 0 spiro atoms. The fraction of sp³-hybridized carbons (Fsp3) is 0.0667. The Balaban J connectivity index is 0.00000120. The molecule has 0 saturated heterocycles. The molecule has 2 aromatic rings. The molecule has 90 valence electrons. The SMILES string of the molecule is Cc1ccc2c(c1)C(=O)c1ccccc1C2=O.N. The van der Waals surface area contributed by atoms with Crippen molar-refractivity contribution in [2.45, 2.75) is 6.92 Å². The molecule has 3 nitrogen and oxygen atoms in total. The van der Waals surface area contributed by atoms with Crippen LogP contribution < -0.4 is 6.15 Å². The Kier molecular flexibility index (Phi) is 2.85. The molecule has 0 amide bonds. The van der Waals surface area contributed by atoms with Crippen LogP contribution in [0.5, 0.6) is 0 Å². The van der Waals surface area contributed by atoms with Gasteiger partial charge in [0.05, 0.1) is 0 Å². The van der Waals surface area contributed by atoms with Crippen LogP contribution in [0, 0.1) is 6.92 Å². The van der Waals surface area contributed by atoms with E-state index in [1.54, 1.807) is 36.4 Å². The maximum Gasteiger partial charge on any atom is 0.194 e. The molecule has 2 aromatic carbocycles. The Morgan fingerprint density at radius 3 is 1.83 bits per heavy atom. The van der Waals surface area contributed by atoms with Gasteiger partial charge in [0.1, 0.15) is 0 Å². The molecular formula is C15H13NO2. The van der Waals surface area contributed by atoms with Gasteiger partial charge in [0.2, 0.25) is 0 Å². The van der Waals surface area contributed by atoms with Crippen LogP contribution in [-0.4, -0.2) is 11.6 Å². The van der Waals surface area contributed by atoms with Gasteiger partial charge in [-0.3, -0.25) is 9.59 Å². The van der Waals surface area contributed by atoms with E-state index in [4.69, 9.17) is 0 Å². The molecule has 0 fully saturated rings. The zero-order valence-corrected chi connectivity index (χ0v) is 10.1. The van der Waals surface area contributed by atoms with Crippen molar-refractivity contribution in [3.05, 3.63) is 70.3 Å². The molecule has 0 saturated carbocycles. The van der Waals surface area contributed by atoms with Crippen molar-refractivity contribution >= 4 is 11.6 Å². The summed E-state index contributed by atoms with van der Waals surface area (Å²) in [5.41, 5.74) is 3.04. The minimum atomic E-state index is -0.0600. The summed E-state index contributed by atoms with van der Waals surface area (Å²) in [6, 6.07) is 12.4. The van der Waals surface area contributed by atoms with E-state index in [-0.39, 0.29) is 17.7 Å². The fourth-order valence-corrected chi connectivity index (χ4v) is 2.21. The van der Waals surface area contributed by atoms with Crippen molar-refractivity contribution < 1.29 is 9.59 Å². The Bertz CT molecular complexity index is 659. The number of hydrogen-bond acceptors (Lipinski definition) is 3. The summed E-state index contributed by atoms with van der Waals surface area (Å²) in [7, 11) is 0. The summed E-state index contributed by atoms with van der Waals surface area (Å²) >= 11 is 0. The molecule has 0 radical (unpaired) electrons. The molecule has 18 heavy (non-hydrogen) atoms. The van der Waals surface area contributed by atoms with Crippen LogP contribution in [0.4, 0.5) is 0 Å². The topological polar surface area (TPSA) is 69.1 Å². The van der Waals surface area contributed by atoms with E-state index in [1.807, 2.05) is 13.0 Å². The molecule has 0 bridgehead atoms. The van der Waals surface area contributed by atoms with Gasteiger partial charge in [-0.15, -0.1) is 0 Å². The van der Waals surface area contributed by atoms with Gasteiger partial charge in [0, 0.05) is 22.3 Å². The number of fused-ring (bicyclic) bond motifs is 2. The molecular weight excluding hydrogens is 226 g/mol. The zero-order valence-electron chi connectivity index (χ0n) is 10.1. The first-order valence-electron chi connectivity index (χ1n) is 5.47. The van der Waals surface area contributed by atoms with Crippen molar-refractivity contribution in [1.82, 2.24) is 6.15 Å². The highest BCUT2D eigenvalue weighted by molar-refractivity contribution is 6.28.